The van der Waals surface area contributed by atoms with Crippen LogP contribution in [0.1, 0.15) is 23.6 Å². The monoisotopic (exact) mass is 316 g/mol. The minimum atomic E-state index is -3.47. The van der Waals surface area contributed by atoms with Crippen molar-refractivity contribution >= 4 is 15.7 Å². The van der Waals surface area contributed by atoms with Gasteiger partial charge in [0.05, 0.1) is 18.0 Å². The van der Waals surface area contributed by atoms with E-state index in [2.05, 4.69) is 5.10 Å². The maximum Gasteiger partial charge on any atom is 0.247 e. The maximum atomic E-state index is 12.0. The Morgan fingerprint density at radius 2 is 1.73 bits per heavy atom. The Hall–Kier alpha value is -2.34. The van der Waals surface area contributed by atoms with Crippen LogP contribution in [0.15, 0.2) is 59.7 Å². The lowest BCUT2D eigenvalue weighted by atomic mass is 9.99. The molecule has 0 bridgehead atoms. The second-order valence-corrected chi connectivity index (χ2v) is 7.10. The smallest absolute Gasteiger partial charge is 0.247 e. The van der Waals surface area contributed by atoms with Crippen LogP contribution in [0.25, 0.3) is 0 Å². The number of hydrogen-bond donors (Lipinski definition) is 1. The van der Waals surface area contributed by atoms with E-state index in [1.165, 1.54) is 0 Å². The van der Waals surface area contributed by atoms with Crippen molar-refractivity contribution in [3.8, 4) is 5.75 Å². The summed E-state index contributed by atoms with van der Waals surface area (Å²) in [7, 11) is -3.47. The zero-order valence-electron chi connectivity index (χ0n) is 12.0. The molecule has 3 rings (SSSR count). The normalized spacial score (nSPS) is 18.3. The highest BCUT2D eigenvalue weighted by Gasteiger charge is 2.34. The molecule has 114 valence electrons. The number of benzene rings is 2. The Balaban J connectivity index is 2.00. The molecule has 0 spiro atoms. The summed E-state index contributed by atoms with van der Waals surface area (Å²) < 4.78 is 25.2. The van der Waals surface area contributed by atoms with Gasteiger partial charge >= 0.3 is 0 Å². The molecule has 22 heavy (non-hydrogen) atoms. The molecule has 1 atom stereocenters. The highest BCUT2D eigenvalue weighted by Crippen LogP contribution is 2.34. The van der Waals surface area contributed by atoms with Crippen molar-refractivity contribution in [2.24, 2.45) is 5.10 Å². The Morgan fingerprint density at radius 3 is 2.32 bits per heavy atom. The van der Waals surface area contributed by atoms with E-state index in [0.29, 0.717) is 6.42 Å². The molecule has 2 aromatic carbocycles. The standard InChI is InChI=1S/C16H16N2O3S/c1-22(20,21)18-16(13-7-9-14(19)10-8-13)11-15(17-18)12-5-3-2-4-6-12/h2-10,16,19H,11H2,1H3. The van der Waals surface area contributed by atoms with E-state index in [0.717, 1.165) is 27.5 Å². The van der Waals surface area contributed by atoms with E-state index in [-0.39, 0.29) is 11.8 Å². The van der Waals surface area contributed by atoms with Crippen LogP contribution in [0.4, 0.5) is 0 Å². The van der Waals surface area contributed by atoms with Gasteiger partial charge in [0.2, 0.25) is 10.0 Å². The molecule has 0 saturated carbocycles. The first-order valence-corrected chi connectivity index (χ1v) is 8.71. The van der Waals surface area contributed by atoms with Gasteiger partial charge in [-0.1, -0.05) is 42.5 Å². The van der Waals surface area contributed by atoms with Crippen LogP contribution in [0.5, 0.6) is 5.75 Å². The molecule has 6 heteroatoms. The predicted molar refractivity (Wildman–Crippen MR) is 85.1 cm³/mol. The zero-order chi connectivity index (χ0) is 15.7. The lowest BCUT2D eigenvalue weighted by molar-refractivity contribution is 0.374. The quantitative estimate of drug-likeness (QED) is 0.946. The zero-order valence-corrected chi connectivity index (χ0v) is 12.9. The third-order valence-electron chi connectivity index (χ3n) is 3.60. The van der Waals surface area contributed by atoms with Gasteiger partial charge in [0.15, 0.2) is 0 Å². The molecule has 1 aliphatic heterocycles. The van der Waals surface area contributed by atoms with Gasteiger partial charge in [0.25, 0.3) is 0 Å². The van der Waals surface area contributed by atoms with Crippen LogP contribution < -0.4 is 0 Å². The van der Waals surface area contributed by atoms with Crippen LogP contribution >= 0.6 is 0 Å². The molecule has 5 nitrogen and oxygen atoms in total. The number of aromatic hydroxyl groups is 1. The van der Waals surface area contributed by atoms with E-state index in [9.17, 15) is 13.5 Å². The fourth-order valence-electron chi connectivity index (χ4n) is 2.54. The average molecular weight is 316 g/mol. The molecule has 1 aliphatic rings. The minimum absolute atomic E-state index is 0.150. The summed E-state index contributed by atoms with van der Waals surface area (Å²) in [6, 6.07) is 15.7. The number of hydrazone groups is 1. The van der Waals surface area contributed by atoms with Crippen molar-refractivity contribution in [2.75, 3.05) is 6.26 Å². The van der Waals surface area contributed by atoms with Gasteiger partial charge in [-0.05, 0) is 23.3 Å². The van der Waals surface area contributed by atoms with Gasteiger partial charge < -0.3 is 5.11 Å². The summed E-state index contributed by atoms with van der Waals surface area (Å²) in [5, 5.41) is 13.7. The largest absolute Gasteiger partial charge is 0.508 e. The van der Waals surface area contributed by atoms with Crippen molar-refractivity contribution in [3.63, 3.8) is 0 Å². The molecule has 0 aromatic heterocycles. The third-order valence-corrected chi connectivity index (χ3v) is 4.61. The summed E-state index contributed by atoms with van der Waals surface area (Å²) in [4.78, 5) is 0. The molecular weight excluding hydrogens is 300 g/mol. The Bertz CT molecular complexity index is 799. The van der Waals surface area contributed by atoms with Crippen molar-refractivity contribution < 1.29 is 13.5 Å². The van der Waals surface area contributed by atoms with Crippen LogP contribution in [0.2, 0.25) is 0 Å². The molecule has 0 aliphatic carbocycles. The first-order chi connectivity index (χ1) is 10.4. The fourth-order valence-corrected chi connectivity index (χ4v) is 3.45. The lowest BCUT2D eigenvalue weighted by Crippen LogP contribution is -2.25. The van der Waals surface area contributed by atoms with Gasteiger partial charge in [-0.15, -0.1) is 0 Å². The Morgan fingerprint density at radius 1 is 1.09 bits per heavy atom. The summed E-state index contributed by atoms with van der Waals surface area (Å²) in [5.41, 5.74) is 2.46. The molecule has 1 N–H and O–H groups in total. The first kappa shape index (κ1) is 14.6. The maximum absolute atomic E-state index is 12.0. The molecule has 2 aromatic rings. The Kier molecular flexibility index (Phi) is 3.62. The van der Waals surface area contributed by atoms with Crippen molar-refractivity contribution in [3.05, 3.63) is 65.7 Å². The van der Waals surface area contributed by atoms with E-state index < -0.39 is 10.0 Å². The second kappa shape index (κ2) is 5.46. The highest BCUT2D eigenvalue weighted by atomic mass is 32.2. The van der Waals surface area contributed by atoms with E-state index in [1.807, 2.05) is 30.3 Å². The molecule has 0 saturated heterocycles. The van der Waals surface area contributed by atoms with Gasteiger partial charge in [-0.3, -0.25) is 0 Å². The molecule has 0 amide bonds. The van der Waals surface area contributed by atoms with Crippen LogP contribution in [0, 0.1) is 0 Å². The van der Waals surface area contributed by atoms with E-state index in [4.69, 9.17) is 0 Å². The van der Waals surface area contributed by atoms with Gasteiger partial charge in [0, 0.05) is 6.42 Å². The third kappa shape index (κ3) is 2.82. The number of phenols is 1. The van der Waals surface area contributed by atoms with Crippen molar-refractivity contribution in [1.82, 2.24) is 4.41 Å². The van der Waals surface area contributed by atoms with Crippen molar-refractivity contribution in [2.45, 2.75) is 12.5 Å². The number of nitrogens with zero attached hydrogens (tertiary/aromatic N) is 2. The number of sulfonamides is 1. The summed E-state index contributed by atoms with van der Waals surface area (Å²) in [6.07, 6.45) is 1.65. The Labute approximate surface area is 129 Å². The molecule has 1 heterocycles. The summed E-state index contributed by atoms with van der Waals surface area (Å²) >= 11 is 0. The van der Waals surface area contributed by atoms with Crippen LogP contribution in [-0.4, -0.2) is 29.9 Å². The molecule has 0 fully saturated rings. The molecule has 1 unspecified atom stereocenters. The predicted octanol–water partition coefficient (Wildman–Crippen LogP) is 2.50. The van der Waals surface area contributed by atoms with Gasteiger partial charge in [-0.2, -0.15) is 9.52 Å². The van der Waals surface area contributed by atoms with Crippen molar-refractivity contribution in [1.29, 1.82) is 0 Å². The summed E-state index contributed by atoms with van der Waals surface area (Å²) in [5.74, 6) is 0.150. The fraction of sp³-hybridized carbons (Fsp3) is 0.188. The average Bonchev–Trinajstić information content (AvgIpc) is 2.94. The SMILES string of the molecule is CS(=O)(=O)N1N=C(c2ccccc2)CC1c1ccc(O)cc1. The summed E-state index contributed by atoms with van der Waals surface area (Å²) in [6.45, 7) is 0. The number of hydrogen-bond acceptors (Lipinski definition) is 4. The highest BCUT2D eigenvalue weighted by molar-refractivity contribution is 7.88. The minimum Gasteiger partial charge on any atom is -0.508 e. The number of rotatable bonds is 3. The first-order valence-electron chi connectivity index (χ1n) is 6.86. The van der Waals surface area contributed by atoms with Crippen LogP contribution in [-0.2, 0) is 10.0 Å². The number of phenolic OH excluding ortho intramolecular Hbond substituents is 1. The second-order valence-electron chi connectivity index (χ2n) is 5.26. The molecular formula is C16H16N2O3S. The van der Waals surface area contributed by atoms with E-state index in [1.54, 1.807) is 24.3 Å². The topological polar surface area (TPSA) is 70.0 Å². The lowest BCUT2D eigenvalue weighted by Gasteiger charge is -2.21. The van der Waals surface area contributed by atoms with Crippen LogP contribution in [0.3, 0.4) is 0 Å². The molecule has 0 radical (unpaired) electrons. The van der Waals surface area contributed by atoms with E-state index >= 15 is 0 Å². The van der Waals surface area contributed by atoms with Gasteiger partial charge in [0.1, 0.15) is 5.75 Å². The van der Waals surface area contributed by atoms with Gasteiger partial charge in [-0.25, -0.2) is 8.42 Å².